The van der Waals surface area contributed by atoms with Crippen molar-refractivity contribution in [2.45, 2.75) is 72.5 Å². The van der Waals surface area contributed by atoms with E-state index in [4.69, 9.17) is 11.4 Å². The molecule has 17 heavy (non-hydrogen) atoms. The van der Waals surface area contributed by atoms with Gasteiger partial charge in [0.05, 0.1) is 0 Å². The van der Waals surface area contributed by atoms with E-state index in [1.807, 2.05) is 27.7 Å². The predicted molar refractivity (Wildman–Crippen MR) is 76.8 cm³/mol. The summed E-state index contributed by atoms with van der Waals surface area (Å²) in [6.45, 7) is 11.3. The van der Waals surface area contributed by atoms with Crippen LogP contribution < -0.4 is 0 Å². The molecule has 0 rings (SSSR count). The molecule has 0 unspecified atom stereocenters. The van der Waals surface area contributed by atoms with Crippen LogP contribution in [0, 0.1) is 0 Å². The monoisotopic (exact) mass is 275 g/mol. The molecule has 0 N–H and O–H groups in total. The molecule has 0 aromatic rings. The first kappa shape index (κ1) is 20.3. The van der Waals surface area contributed by atoms with Gasteiger partial charge in [-0.05, 0) is 34.1 Å². The number of hydrogen-bond donors (Lipinski definition) is 0. The zero-order chi connectivity index (χ0) is 13.5. The SMILES string of the molecule is CC(C)[O][Al][O]C(C)C.CCCCCC[O][AlH2]. The molecule has 0 bridgehead atoms. The largest absolute Gasteiger partial charge is 0.668 e. The van der Waals surface area contributed by atoms with Crippen LogP contribution in [0.3, 0.4) is 0 Å². The lowest BCUT2D eigenvalue weighted by molar-refractivity contribution is 0.152. The molecular formula is C12H29Al2O3. The van der Waals surface area contributed by atoms with E-state index in [1.165, 1.54) is 25.7 Å². The molecule has 0 fully saturated rings. The second kappa shape index (κ2) is 16.9. The molecule has 3 nitrogen and oxygen atoms in total. The average Bonchev–Trinajstić information content (AvgIpc) is 2.24. The van der Waals surface area contributed by atoms with Crippen molar-refractivity contribution >= 4 is 32.5 Å². The minimum Gasteiger partial charge on any atom is -0.506 e. The predicted octanol–water partition coefficient (Wildman–Crippen LogP) is 2.50. The maximum Gasteiger partial charge on any atom is 0.668 e. The lowest BCUT2D eigenvalue weighted by Crippen LogP contribution is -2.14. The summed E-state index contributed by atoms with van der Waals surface area (Å²) >= 11 is 0.662. The van der Waals surface area contributed by atoms with E-state index < -0.39 is 0 Å². The van der Waals surface area contributed by atoms with Crippen molar-refractivity contribution in [3.8, 4) is 0 Å². The number of hydrogen-bond acceptors (Lipinski definition) is 3. The Labute approximate surface area is 123 Å². The Balaban J connectivity index is 0. The van der Waals surface area contributed by atoms with Crippen molar-refractivity contribution < 1.29 is 11.4 Å². The molecule has 0 amide bonds. The van der Waals surface area contributed by atoms with E-state index >= 15 is 0 Å². The van der Waals surface area contributed by atoms with Gasteiger partial charge in [0.2, 0.25) is 0 Å². The highest BCUT2D eigenvalue weighted by Gasteiger charge is 2.01. The van der Waals surface area contributed by atoms with E-state index in [1.54, 1.807) is 0 Å². The first-order chi connectivity index (χ1) is 8.04. The van der Waals surface area contributed by atoms with Gasteiger partial charge >= 0.3 is 32.5 Å². The highest BCUT2D eigenvalue weighted by atomic mass is 27.2. The Morgan fingerprint density at radius 2 is 1.47 bits per heavy atom. The quantitative estimate of drug-likeness (QED) is 0.478. The molecule has 0 spiro atoms. The molecule has 1 radical (unpaired) electrons. The first-order valence-corrected chi connectivity index (χ1v) is 8.42. The standard InChI is InChI=1S/C6H13O.2C3H7O.2Al.2H/c1-2-3-4-5-6-7;2*1-3(2)4;;;;/h2-6H2,1H3;2*3H,1-2H3;;;;/q3*-1;+1;+2;;. The van der Waals surface area contributed by atoms with Gasteiger partial charge in [-0.15, -0.1) is 0 Å². The fourth-order valence-electron chi connectivity index (χ4n) is 0.927. The highest BCUT2D eigenvalue weighted by Crippen LogP contribution is 1.97. The summed E-state index contributed by atoms with van der Waals surface area (Å²) in [6, 6.07) is 0. The molecular weight excluding hydrogens is 246 g/mol. The average molecular weight is 275 g/mol. The van der Waals surface area contributed by atoms with Crippen LogP contribution >= 0.6 is 0 Å². The Morgan fingerprint density at radius 3 is 1.82 bits per heavy atom. The van der Waals surface area contributed by atoms with Crippen molar-refractivity contribution in [2.24, 2.45) is 0 Å². The highest BCUT2D eigenvalue weighted by molar-refractivity contribution is 6.18. The third-order valence-corrected chi connectivity index (χ3v) is 3.58. The van der Waals surface area contributed by atoms with Gasteiger partial charge in [0.15, 0.2) is 0 Å². The summed E-state index contributed by atoms with van der Waals surface area (Å²) in [6.07, 6.45) is 5.90. The molecule has 0 aliphatic carbocycles. The molecule has 0 saturated carbocycles. The molecule has 0 aromatic heterocycles. The van der Waals surface area contributed by atoms with Crippen LogP contribution in [0.15, 0.2) is 0 Å². The zero-order valence-corrected chi connectivity index (χ0v) is 15.6. The third-order valence-electron chi connectivity index (χ3n) is 1.86. The maximum atomic E-state index is 5.21. The number of rotatable bonds is 9. The normalized spacial score (nSPS) is 10.3. The van der Waals surface area contributed by atoms with Crippen molar-refractivity contribution in [3.63, 3.8) is 0 Å². The summed E-state index contributed by atoms with van der Waals surface area (Å²) in [5.74, 6) is 0. The second-order valence-electron chi connectivity index (χ2n) is 4.52. The van der Waals surface area contributed by atoms with Crippen molar-refractivity contribution in [1.82, 2.24) is 0 Å². The van der Waals surface area contributed by atoms with Crippen molar-refractivity contribution in [1.29, 1.82) is 0 Å². The van der Waals surface area contributed by atoms with Gasteiger partial charge in [-0.3, -0.25) is 0 Å². The van der Waals surface area contributed by atoms with Gasteiger partial charge in [-0.1, -0.05) is 26.2 Å². The zero-order valence-electron chi connectivity index (χ0n) is 12.5. The Kier molecular flexibility index (Phi) is 20.2. The summed E-state index contributed by atoms with van der Waals surface area (Å²) in [4.78, 5) is 0. The molecule has 0 heterocycles. The van der Waals surface area contributed by atoms with Crippen molar-refractivity contribution in [2.75, 3.05) is 6.61 Å². The number of unbranched alkanes of at least 4 members (excludes halogenated alkanes) is 3. The smallest absolute Gasteiger partial charge is 0.506 e. The van der Waals surface area contributed by atoms with E-state index in [0.717, 1.165) is 23.2 Å². The molecule has 0 atom stereocenters. The van der Waals surface area contributed by atoms with E-state index in [2.05, 4.69) is 6.92 Å². The summed E-state index contributed by atoms with van der Waals surface area (Å²) in [7, 11) is 0. The van der Waals surface area contributed by atoms with Crippen LogP contribution in [-0.4, -0.2) is 51.3 Å². The first-order valence-electron chi connectivity index (χ1n) is 6.66. The fraction of sp³-hybridized carbons (Fsp3) is 1.00. The Bertz CT molecular complexity index is 119. The molecule has 0 aromatic carbocycles. The summed E-state index contributed by atoms with van der Waals surface area (Å²) < 4.78 is 15.5. The van der Waals surface area contributed by atoms with Gasteiger partial charge in [-0.2, -0.15) is 0 Å². The maximum absolute atomic E-state index is 5.21. The van der Waals surface area contributed by atoms with Crippen molar-refractivity contribution in [3.05, 3.63) is 0 Å². The molecule has 0 saturated heterocycles. The van der Waals surface area contributed by atoms with Gasteiger partial charge < -0.3 is 11.4 Å². The van der Waals surface area contributed by atoms with Crippen LogP contribution in [0.5, 0.6) is 0 Å². The van der Waals surface area contributed by atoms with Gasteiger partial charge in [0.1, 0.15) is 0 Å². The topological polar surface area (TPSA) is 27.7 Å². The lowest BCUT2D eigenvalue weighted by atomic mass is 10.2. The second-order valence-corrected chi connectivity index (χ2v) is 5.83. The van der Waals surface area contributed by atoms with Gasteiger partial charge in [0.25, 0.3) is 0 Å². The van der Waals surface area contributed by atoms with Crippen LogP contribution in [0.25, 0.3) is 0 Å². The minimum atomic E-state index is -0.245. The summed E-state index contributed by atoms with van der Waals surface area (Å²) in [5.41, 5.74) is 0. The fourth-order valence-corrected chi connectivity index (χ4v) is 1.72. The summed E-state index contributed by atoms with van der Waals surface area (Å²) in [5, 5.41) is 0. The minimum absolute atomic E-state index is 0.245. The molecule has 0 aliphatic rings. The van der Waals surface area contributed by atoms with Crippen LogP contribution in [-0.2, 0) is 11.4 Å². The Morgan fingerprint density at radius 1 is 0.941 bits per heavy atom. The van der Waals surface area contributed by atoms with E-state index in [-0.39, 0.29) is 15.9 Å². The van der Waals surface area contributed by atoms with Gasteiger partial charge in [-0.25, -0.2) is 0 Å². The molecule has 5 heteroatoms. The van der Waals surface area contributed by atoms with E-state index in [9.17, 15) is 0 Å². The molecule has 101 valence electrons. The Hall–Kier alpha value is 0.945. The molecule has 0 aliphatic heterocycles. The van der Waals surface area contributed by atoms with Gasteiger partial charge in [0, 0.05) is 18.8 Å². The lowest BCUT2D eigenvalue weighted by Gasteiger charge is -2.09. The van der Waals surface area contributed by atoms with Crippen LogP contribution in [0.1, 0.15) is 60.3 Å². The van der Waals surface area contributed by atoms with Crippen LogP contribution in [0.2, 0.25) is 0 Å². The van der Waals surface area contributed by atoms with E-state index in [0.29, 0.717) is 12.2 Å². The van der Waals surface area contributed by atoms with Crippen LogP contribution in [0.4, 0.5) is 0 Å². The third kappa shape index (κ3) is 26.5.